The van der Waals surface area contributed by atoms with Gasteiger partial charge in [-0.15, -0.1) is 0 Å². The number of furan rings is 2. The average molecular weight is 436 g/mol. The minimum absolute atomic E-state index is 0.00575. The van der Waals surface area contributed by atoms with Crippen molar-refractivity contribution in [1.29, 1.82) is 0 Å². The zero-order valence-electron chi connectivity index (χ0n) is 12.8. The molecule has 0 saturated heterocycles. The van der Waals surface area contributed by atoms with Crippen molar-refractivity contribution in [3.05, 3.63) is 74.4 Å². The van der Waals surface area contributed by atoms with Gasteiger partial charge in [0, 0.05) is 5.02 Å². The van der Waals surface area contributed by atoms with E-state index in [1.807, 2.05) is 0 Å². The summed E-state index contributed by atoms with van der Waals surface area (Å²) in [5.74, 6) is -1.01. The molecule has 0 aliphatic carbocycles. The van der Waals surface area contributed by atoms with Gasteiger partial charge in [-0.1, -0.05) is 11.6 Å². The van der Waals surface area contributed by atoms with E-state index in [-0.39, 0.29) is 34.0 Å². The van der Waals surface area contributed by atoms with Crippen LogP contribution in [0.15, 0.2) is 71.4 Å². The maximum Gasteiger partial charge on any atom is 0.379 e. The summed E-state index contributed by atoms with van der Waals surface area (Å²) in [4.78, 5) is 25.2. The smallest absolute Gasteiger partial charge is 0.379 e. The molecule has 0 radical (unpaired) electrons. The molecule has 3 aromatic heterocycles. The molecule has 4 aromatic rings. The van der Waals surface area contributed by atoms with E-state index in [9.17, 15) is 9.59 Å². The van der Waals surface area contributed by atoms with Gasteiger partial charge in [0.1, 0.15) is 5.58 Å². The molecule has 0 bridgehead atoms. The van der Waals surface area contributed by atoms with E-state index in [0.29, 0.717) is 9.69 Å². The number of ether oxygens (including phenoxy) is 1. The van der Waals surface area contributed by atoms with Gasteiger partial charge in [-0.2, -0.15) is 0 Å². The van der Waals surface area contributed by atoms with Gasteiger partial charge in [0.25, 0.3) is 0 Å². The first-order chi connectivity index (χ1) is 12.5. The van der Waals surface area contributed by atoms with Crippen molar-refractivity contribution in [3.63, 3.8) is 0 Å². The van der Waals surface area contributed by atoms with Gasteiger partial charge in [0.2, 0.25) is 22.7 Å². The standard InChI is InChI=1S/C18H8BrClO6/c19-14-6-5-13(24-14)18(22)26-17-15(21)10-8-9(20)3-4-11(10)25-16(17)12-2-1-7-23-12/h1-8H. The molecule has 4 rings (SSSR count). The molecule has 0 atom stereocenters. The Morgan fingerprint density at radius 1 is 1.12 bits per heavy atom. The fraction of sp³-hybridized carbons (Fsp3) is 0. The maximum atomic E-state index is 12.9. The van der Waals surface area contributed by atoms with Crippen LogP contribution in [0.5, 0.6) is 5.75 Å². The Morgan fingerprint density at radius 2 is 1.96 bits per heavy atom. The van der Waals surface area contributed by atoms with Crippen molar-refractivity contribution in [3.8, 4) is 17.3 Å². The third-order valence-electron chi connectivity index (χ3n) is 3.52. The average Bonchev–Trinajstić information content (AvgIpc) is 3.29. The van der Waals surface area contributed by atoms with Crippen LogP contribution >= 0.6 is 27.5 Å². The van der Waals surface area contributed by atoms with Gasteiger partial charge in [-0.05, 0) is 58.4 Å². The molecule has 0 N–H and O–H groups in total. The fourth-order valence-electron chi connectivity index (χ4n) is 2.38. The Morgan fingerprint density at radius 3 is 2.65 bits per heavy atom. The van der Waals surface area contributed by atoms with Crippen LogP contribution in [0, 0.1) is 0 Å². The first-order valence-electron chi connectivity index (χ1n) is 7.30. The lowest BCUT2D eigenvalue weighted by molar-refractivity contribution is 0.0696. The number of benzene rings is 1. The van der Waals surface area contributed by atoms with Gasteiger partial charge in [-0.3, -0.25) is 4.79 Å². The summed E-state index contributed by atoms with van der Waals surface area (Å²) in [6, 6.07) is 10.7. The molecular formula is C18H8BrClO6. The van der Waals surface area contributed by atoms with E-state index in [2.05, 4.69) is 15.9 Å². The topological polar surface area (TPSA) is 82.8 Å². The second-order valence-electron chi connectivity index (χ2n) is 5.20. The van der Waals surface area contributed by atoms with Gasteiger partial charge >= 0.3 is 5.97 Å². The molecular weight excluding hydrogens is 428 g/mol. The zero-order valence-corrected chi connectivity index (χ0v) is 15.2. The third kappa shape index (κ3) is 2.95. The number of halogens is 2. The number of hydrogen-bond donors (Lipinski definition) is 0. The molecule has 0 aliphatic rings. The molecule has 1 aromatic carbocycles. The quantitative estimate of drug-likeness (QED) is 0.407. The van der Waals surface area contributed by atoms with Crippen molar-refractivity contribution in [2.75, 3.05) is 0 Å². The second kappa shape index (κ2) is 6.51. The van der Waals surface area contributed by atoms with E-state index >= 15 is 0 Å². The predicted molar refractivity (Wildman–Crippen MR) is 96.6 cm³/mol. The van der Waals surface area contributed by atoms with Crippen molar-refractivity contribution >= 4 is 44.5 Å². The monoisotopic (exact) mass is 434 g/mol. The highest BCUT2D eigenvalue weighted by molar-refractivity contribution is 9.10. The normalized spacial score (nSPS) is 11.0. The Hall–Kier alpha value is -2.77. The Bertz CT molecular complexity index is 1170. The predicted octanol–water partition coefficient (Wildman–Crippen LogP) is 5.28. The summed E-state index contributed by atoms with van der Waals surface area (Å²) in [6.07, 6.45) is 1.41. The number of hydrogen-bond acceptors (Lipinski definition) is 6. The van der Waals surface area contributed by atoms with E-state index < -0.39 is 11.4 Å². The highest BCUT2D eigenvalue weighted by Gasteiger charge is 2.24. The van der Waals surface area contributed by atoms with Crippen molar-refractivity contribution in [2.24, 2.45) is 0 Å². The van der Waals surface area contributed by atoms with Crippen molar-refractivity contribution in [2.45, 2.75) is 0 Å². The summed E-state index contributed by atoms with van der Waals surface area (Å²) in [5.41, 5.74) is -0.273. The number of rotatable bonds is 3. The SMILES string of the molecule is O=C(Oc1c(-c2ccco2)oc2ccc(Cl)cc2c1=O)c1ccc(Br)o1. The molecule has 3 heterocycles. The number of fused-ring (bicyclic) bond motifs is 1. The van der Waals surface area contributed by atoms with E-state index in [1.165, 1.54) is 24.5 Å². The van der Waals surface area contributed by atoms with Crippen LogP contribution in [0.4, 0.5) is 0 Å². The summed E-state index contributed by atoms with van der Waals surface area (Å²) in [6.45, 7) is 0. The lowest BCUT2D eigenvalue weighted by Crippen LogP contribution is -2.15. The number of esters is 1. The molecule has 8 heteroatoms. The van der Waals surface area contributed by atoms with Crippen LogP contribution in [0.2, 0.25) is 5.02 Å². The zero-order chi connectivity index (χ0) is 18.3. The molecule has 0 spiro atoms. The highest BCUT2D eigenvalue weighted by Crippen LogP contribution is 2.32. The van der Waals surface area contributed by atoms with Crippen molar-refractivity contribution in [1.82, 2.24) is 0 Å². The molecule has 6 nitrogen and oxygen atoms in total. The van der Waals surface area contributed by atoms with E-state index in [0.717, 1.165) is 0 Å². The Balaban J connectivity index is 1.90. The van der Waals surface area contributed by atoms with Gasteiger partial charge in [0.15, 0.2) is 10.4 Å². The van der Waals surface area contributed by atoms with Crippen LogP contribution in [0.3, 0.4) is 0 Å². The van der Waals surface area contributed by atoms with Crippen LogP contribution < -0.4 is 10.2 Å². The largest absolute Gasteiger partial charge is 0.461 e. The molecule has 130 valence electrons. The van der Waals surface area contributed by atoms with Gasteiger partial charge < -0.3 is 18.0 Å². The first kappa shape index (κ1) is 16.7. The van der Waals surface area contributed by atoms with Crippen LogP contribution in [-0.2, 0) is 0 Å². The molecule has 0 saturated carbocycles. The lowest BCUT2D eigenvalue weighted by atomic mass is 10.2. The summed E-state index contributed by atoms with van der Waals surface area (Å²) in [5, 5.41) is 0.527. The summed E-state index contributed by atoms with van der Waals surface area (Å²) < 4.78 is 21.8. The summed E-state index contributed by atoms with van der Waals surface area (Å²) >= 11 is 9.06. The summed E-state index contributed by atoms with van der Waals surface area (Å²) in [7, 11) is 0. The first-order valence-corrected chi connectivity index (χ1v) is 8.48. The Labute approximate surface area is 159 Å². The minimum atomic E-state index is -0.850. The fourth-order valence-corrected chi connectivity index (χ4v) is 2.86. The molecule has 0 unspecified atom stereocenters. The van der Waals surface area contributed by atoms with Gasteiger partial charge in [-0.25, -0.2) is 4.79 Å². The van der Waals surface area contributed by atoms with Gasteiger partial charge in [0.05, 0.1) is 11.6 Å². The molecule has 0 fully saturated rings. The van der Waals surface area contributed by atoms with Crippen molar-refractivity contribution < 1.29 is 22.8 Å². The molecule has 0 aliphatic heterocycles. The molecule has 0 amide bonds. The van der Waals surface area contributed by atoms with E-state index in [1.54, 1.807) is 24.3 Å². The van der Waals surface area contributed by atoms with Crippen LogP contribution in [0.25, 0.3) is 22.5 Å². The van der Waals surface area contributed by atoms with Crippen LogP contribution in [0.1, 0.15) is 10.6 Å². The second-order valence-corrected chi connectivity index (χ2v) is 6.42. The van der Waals surface area contributed by atoms with Crippen LogP contribution in [-0.4, -0.2) is 5.97 Å². The Kier molecular flexibility index (Phi) is 4.18. The third-order valence-corrected chi connectivity index (χ3v) is 4.19. The lowest BCUT2D eigenvalue weighted by Gasteiger charge is -2.08. The number of carbonyl (C=O) groups excluding carboxylic acids is 1. The highest BCUT2D eigenvalue weighted by atomic mass is 79.9. The minimum Gasteiger partial charge on any atom is -0.461 e. The number of carbonyl (C=O) groups is 1. The molecule has 26 heavy (non-hydrogen) atoms. The van der Waals surface area contributed by atoms with E-state index in [4.69, 9.17) is 29.6 Å². The maximum absolute atomic E-state index is 12.9.